The van der Waals surface area contributed by atoms with E-state index in [-0.39, 0.29) is 11.5 Å². The second-order valence-electron chi connectivity index (χ2n) is 4.77. The van der Waals surface area contributed by atoms with Crippen molar-refractivity contribution >= 4 is 5.82 Å². The average Bonchev–Trinajstić information content (AvgIpc) is 2.14. The highest BCUT2D eigenvalue weighted by molar-refractivity contribution is 5.31. The third-order valence-electron chi connectivity index (χ3n) is 2.00. The average molecular weight is 209 g/mol. The van der Waals surface area contributed by atoms with Gasteiger partial charge in [-0.05, 0) is 6.92 Å². The van der Waals surface area contributed by atoms with Crippen molar-refractivity contribution in [3.05, 3.63) is 18.1 Å². The molecule has 84 valence electrons. The predicted octanol–water partition coefficient (Wildman–Crippen LogP) is 1.57. The summed E-state index contributed by atoms with van der Waals surface area (Å²) in [6, 6.07) is 0. The zero-order chi connectivity index (χ0) is 11.5. The van der Waals surface area contributed by atoms with E-state index in [2.05, 4.69) is 36.1 Å². The predicted molar refractivity (Wildman–Crippen MR) is 60.9 cm³/mol. The quantitative estimate of drug-likeness (QED) is 0.793. The molecule has 0 saturated carbocycles. The minimum absolute atomic E-state index is 0.0236. The van der Waals surface area contributed by atoms with Crippen molar-refractivity contribution in [2.24, 2.45) is 0 Å². The maximum atomic E-state index is 9.09. The van der Waals surface area contributed by atoms with Gasteiger partial charge in [0.1, 0.15) is 5.82 Å². The molecule has 1 atom stereocenters. The fourth-order valence-electron chi connectivity index (χ4n) is 1.06. The van der Waals surface area contributed by atoms with Crippen molar-refractivity contribution in [1.29, 1.82) is 0 Å². The summed E-state index contributed by atoms with van der Waals surface area (Å²) in [4.78, 5) is 8.55. The van der Waals surface area contributed by atoms with Crippen LogP contribution in [0.4, 0.5) is 5.82 Å². The summed E-state index contributed by atoms with van der Waals surface area (Å²) in [6.45, 7) is 8.51. The van der Waals surface area contributed by atoms with Gasteiger partial charge in [-0.2, -0.15) is 0 Å². The second kappa shape index (κ2) is 4.57. The fourth-order valence-corrected chi connectivity index (χ4v) is 1.06. The number of hydrogen-bond acceptors (Lipinski definition) is 4. The Labute approximate surface area is 90.8 Å². The van der Waals surface area contributed by atoms with Gasteiger partial charge < -0.3 is 10.4 Å². The van der Waals surface area contributed by atoms with E-state index in [0.717, 1.165) is 5.69 Å². The van der Waals surface area contributed by atoms with Crippen molar-refractivity contribution < 1.29 is 5.11 Å². The highest BCUT2D eigenvalue weighted by Gasteiger charge is 2.15. The Bertz CT molecular complexity index is 301. The summed E-state index contributed by atoms with van der Waals surface area (Å²) in [5, 5.41) is 12.1. The van der Waals surface area contributed by atoms with Gasteiger partial charge in [0.25, 0.3) is 0 Å². The Hall–Kier alpha value is -1.16. The Balaban J connectivity index is 2.65. The molecule has 2 N–H and O–H groups in total. The largest absolute Gasteiger partial charge is 0.392 e. The van der Waals surface area contributed by atoms with Crippen LogP contribution in [0, 0.1) is 0 Å². The molecule has 4 nitrogen and oxygen atoms in total. The van der Waals surface area contributed by atoms with E-state index in [0.29, 0.717) is 12.4 Å². The maximum absolute atomic E-state index is 9.09. The van der Waals surface area contributed by atoms with Crippen LogP contribution in [0.25, 0.3) is 0 Å². The SMILES string of the molecule is C[C@@H](O)CNc1cnc(C(C)(C)C)cn1. The maximum Gasteiger partial charge on any atom is 0.144 e. The van der Waals surface area contributed by atoms with E-state index in [9.17, 15) is 0 Å². The van der Waals surface area contributed by atoms with E-state index in [1.165, 1.54) is 0 Å². The molecule has 1 heterocycles. The van der Waals surface area contributed by atoms with Crippen LogP contribution in [-0.2, 0) is 5.41 Å². The van der Waals surface area contributed by atoms with Gasteiger partial charge in [-0.3, -0.25) is 4.98 Å². The third-order valence-corrected chi connectivity index (χ3v) is 2.00. The number of aromatic nitrogens is 2. The molecule has 0 aliphatic heterocycles. The first kappa shape index (κ1) is 11.9. The van der Waals surface area contributed by atoms with Crippen LogP contribution in [0.2, 0.25) is 0 Å². The van der Waals surface area contributed by atoms with Crippen LogP contribution in [0.5, 0.6) is 0 Å². The molecule has 0 unspecified atom stereocenters. The Morgan fingerprint density at radius 2 is 2.00 bits per heavy atom. The highest BCUT2D eigenvalue weighted by Crippen LogP contribution is 2.19. The van der Waals surface area contributed by atoms with Gasteiger partial charge in [-0.15, -0.1) is 0 Å². The van der Waals surface area contributed by atoms with Crippen molar-refractivity contribution in [1.82, 2.24) is 9.97 Å². The third kappa shape index (κ3) is 3.83. The first-order chi connectivity index (χ1) is 6.89. The van der Waals surface area contributed by atoms with E-state index in [4.69, 9.17) is 5.11 Å². The van der Waals surface area contributed by atoms with Crippen LogP contribution >= 0.6 is 0 Å². The van der Waals surface area contributed by atoms with Gasteiger partial charge in [-0.1, -0.05) is 20.8 Å². The van der Waals surface area contributed by atoms with E-state index in [1.807, 2.05) is 0 Å². The topological polar surface area (TPSA) is 58.0 Å². The van der Waals surface area contributed by atoms with Crippen molar-refractivity contribution in [2.75, 3.05) is 11.9 Å². The summed E-state index contributed by atoms with van der Waals surface area (Å²) < 4.78 is 0. The lowest BCUT2D eigenvalue weighted by molar-refractivity contribution is 0.208. The smallest absolute Gasteiger partial charge is 0.144 e. The molecule has 0 aromatic carbocycles. The van der Waals surface area contributed by atoms with Gasteiger partial charge in [-0.25, -0.2) is 4.98 Å². The lowest BCUT2D eigenvalue weighted by Gasteiger charge is -2.17. The number of nitrogens with one attached hydrogen (secondary N) is 1. The first-order valence-electron chi connectivity index (χ1n) is 5.14. The van der Waals surface area contributed by atoms with Crippen LogP contribution in [0.3, 0.4) is 0 Å². The molecule has 0 bridgehead atoms. The molecule has 0 amide bonds. The molecule has 1 aromatic heterocycles. The molecule has 1 rings (SSSR count). The van der Waals surface area contributed by atoms with Gasteiger partial charge >= 0.3 is 0 Å². The molecule has 0 spiro atoms. The number of rotatable bonds is 3. The Morgan fingerprint density at radius 3 is 2.40 bits per heavy atom. The molecule has 4 heteroatoms. The van der Waals surface area contributed by atoms with Gasteiger partial charge in [0, 0.05) is 12.0 Å². The molecular formula is C11H19N3O. The number of anilines is 1. The monoisotopic (exact) mass is 209 g/mol. The van der Waals surface area contributed by atoms with E-state index < -0.39 is 0 Å². The van der Waals surface area contributed by atoms with Crippen LogP contribution in [0.15, 0.2) is 12.4 Å². The summed E-state index contributed by atoms with van der Waals surface area (Å²) in [5.41, 5.74) is 0.987. The minimum Gasteiger partial charge on any atom is -0.392 e. The first-order valence-corrected chi connectivity index (χ1v) is 5.14. The summed E-state index contributed by atoms with van der Waals surface area (Å²) in [6.07, 6.45) is 3.09. The van der Waals surface area contributed by atoms with Gasteiger partial charge in [0.2, 0.25) is 0 Å². The van der Waals surface area contributed by atoms with Crippen LogP contribution < -0.4 is 5.32 Å². The molecule has 0 saturated heterocycles. The Kier molecular flexibility index (Phi) is 3.63. The molecule has 0 radical (unpaired) electrons. The zero-order valence-corrected chi connectivity index (χ0v) is 9.78. The van der Waals surface area contributed by atoms with Crippen LogP contribution in [0.1, 0.15) is 33.4 Å². The molecule has 0 aliphatic carbocycles. The Morgan fingerprint density at radius 1 is 1.33 bits per heavy atom. The van der Waals surface area contributed by atoms with Crippen LogP contribution in [-0.4, -0.2) is 27.7 Å². The lowest BCUT2D eigenvalue weighted by atomic mass is 9.93. The highest BCUT2D eigenvalue weighted by atomic mass is 16.3. The summed E-state index contributed by atoms with van der Waals surface area (Å²) in [5.74, 6) is 0.698. The van der Waals surface area contributed by atoms with Gasteiger partial charge in [0.15, 0.2) is 0 Å². The van der Waals surface area contributed by atoms with E-state index >= 15 is 0 Å². The number of aliphatic hydroxyl groups excluding tert-OH is 1. The molecular weight excluding hydrogens is 190 g/mol. The minimum atomic E-state index is -0.380. The normalized spacial score (nSPS) is 13.7. The van der Waals surface area contributed by atoms with Crippen molar-refractivity contribution in [3.63, 3.8) is 0 Å². The zero-order valence-electron chi connectivity index (χ0n) is 9.78. The summed E-state index contributed by atoms with van der Waals surface area (Å²) >= 11 is 0. The number of nitrogens with zero attached hydrogens (tertiary/aromatic N) is 2. The second-order valence-corrected chi connectivity index (χ2v) is 4.77. The molecule has 1 aromatic rings. The number of hydrogen-bond donors (Lipinski definition) is 2. The van der Waals surface area contributed by atoms with Crippen molar-refractivity contribution in [3.8, 4) is 0 Å². The molecule has 0 aliphatic rings. The fraction of sp³-hybridized carbons (Fsp3) is 0.636. The van der Waals surface area contributed by atoms with Crippen molar-refractivity contribution in [2.45, 2.75) is 39.2 Å². The van der Waals surface area contributed by atoms with E-state index in [1.54, 1.807) is 19.3 Å². The lowest BCUT2D eigenvalue weighted by Crippen LogP contribution is -2.18. The number of aliphatic hydroxyl groups is 1. The summed E-state index contributed by atoms with van der Waals surface area (Å²) in [7, 11) is 0. The molecule has 0 fully saturated rings. The van der Waals surface area contributed by atoms with Gasteiger partial charge in [0.05, 0.1) is 24.2 Å². The molecule has 15 heavy (non-hydrogen) atoms. The standard InChI is InChI=1S/C11H19N3O/c1-8(15)5-13-10-7-12-9(6-14-10)11(2,3)4/h6-8,15H,5H2,1-4H3,(H,13,14)/t8-/m1/s1.